The minimum atomic E-state index is -0.714. The van der Waals surface area contributed by atoms with Gasteiger partial charge >= 0.3 is 0 Å². The van der Waals surface area contributed by atoms with Crippen LogP contribution >= 0.6 is 0 Å². The third kappa shape index (κ3) is 3.44. The van der Waals surface area contributed by atoms with E-state index in [0.717, 1.165) is 22.1 Å². The van der Waals surface area contributed by atoms with Crippen molar-refractivity contribution in [2.45, 2.75) is 19.4 Å². The second-order valence-corrected chi connectivity index (χ2v) is 6.78. The average Bonchev–Trinajstić information content (AvgIpc) is 2.80. The first-order chi connectivity index (χ1) is 13.5. The Balaban J connectivity index is 1.54. The summed E-state index contributed by atoms with van der Waals surface area (Å²) >= 11 is 0. The molecular formula is C22H19N3O3. The molecule has 1 atom stereocenters. The zero-order valence-electron chi connectivity index (χ0n) is 15.3. The molecule has 140 valence electrons. The molecule has 0 aromatic heterocycles. The number of ketones is 1. The molecule has 3 N–H and O–H groups in total. The first-order valence-corrected chi connectivity index (χ1v) is 9.01. The molecule has 0 saturated carbocycles. The van der Waals surface area contributed by atoms with Gasteiger partial charge in [0.25, 0.3) is 0 Å². The Hall–Kier alpha value is -3.67. The topological polar surface area (TPSA) is 87.3 Å². The van der Waals surface area contributed by atoms with Crippen molar-refractivity contribution in [2.75, 3.05) is 16.0 Å². The summed E-state index contributed by atoms with van der Waals surface area (Å²) in [6, 6.07) is 17.5. The molecule has 3 aromatic carbocycles. The molecule has 0 saturated heterocycles. The zero-order chi connectivity index (χ0) is 19.7. The zero-order valence-corrected chi connectivity index (χ0v) is 15.3. The first kappa shape index (κ1) is 17.7. The van der Waals surface area contributed by atoms with Gasteiger partial charge in [0.1, 0.15) is 6.04 Å². The lowest BCUT2D eigenvalue weighted by Crippen LogP contribution is -2.36. The van der Waals surface area contributed by atoms with E-state index in [0.29, 0.717) is 11.3 Å². The molecule has 4 rings (SSSR count). The fraction of sp³-hybridized carbons (Fsp3) is 0.136. The highest BCUT2D eigenvalue weighted by atomic mass is 16.2. The maximum Gasteiger partial charge on any atom is 0.247 e. The third-order valence-corrected chi connectivity index (χ3v) is 4.75. The molecular weight excluding hydrogens is 354 g/mol. The maximum atomic E-state index is 12.7. The van der Waals surface area contributed by atoms with E-state index in [-0.39, 0.29) is 24.0 Å². The number of benzene rings is 3. The Morgan fingerprint density at radius 2 is 1.71 bits per heavy atom. The smallest absolute Gasteiger partial charge is 0.247 e. The molecule has 6 nitrogen and oxygen atoms in total. The van der Waals surface area contributed by atoms with Crippen molar-refractivity contribution in [1.82, 2.24) is 0 Å². The van der Waals surface area contributed by atoms with Crippen LogP contribution in [0.25, 0.3) is 10.8 Å². The Bertz CT molecular complexity index is 1100. The van der Waals surface area contributed by atoms with Crippen molar-refractivity contribution < 1.29 is 14.4 Å². The Morgan fingerprint density at radius 1 is 1.00 bits per heavy atom. The molecule has 0 aliphatic carbocycles. The third-order valence-electron chi connectivity index (χ3n) is 4.75. The van der Waals surface area contributed by atoms with Crippen LogP contribution in [0.3, 0.4) is 0 Å². The lowest BCUT2D eigenvalue weighted by molar-refractivity contribution is -0.121. The molecule has 1 heterocycles. The fourth-order valence-corrected chi connectivity index (χ4v) is 3.40. The van der Waals surface area contributed by atoms with Gasteiger partial charge in [-0.15, -0.1) is 0 Å². The van der Waals surface area contributed by atoms with Crippen LogP contribution in [0, 0.1) is 0 Å². The van der Waals surface area contributed by atoms with Gasteiger partial charge in [0.05, 0.1) is 12.1 Å². The maximum absolute atomic E-state index is 12.7. The molecule has 1 aliphatic heterocycles. The number of amides is 2. The number of rotatable bonds is 4. The number of anilines is 3. The second-order valence-electron chi connectivity index (χ2n) is 6.78. The lowest BCUT2D eigenvalue weighted by Gasteiger charge is -2.16. The predicted molar refractivity (Wildman–Crippen MR) is 110 cm³/mol. The summed E-state index contributed by atoms with van der Waals surface area (Å²) in [7, 11) is 0. The average molecular weight is 373 g/mol. The monoisotopic (exact) mass is 373 g/mol. The minimum absolute atomic E-state index is 0.0412. The van der Waals surface area contributed by atoms with Crippen LogP contribution in [-0.2, 0) is 9.59 Å². The van der Waals surface area contributed by atoms with Gasteiger partial charge in [-0.2, -0.15) is 0 Å². The van der Waals surface area contributed by atoms with Crippen molar-refractivity contribution in [3.05, 3.63) is 66.2 Å². The highest BCUT2D eigenvalue weighted by molar-refractivity contribution is 6.13. The number of hydrogen-bond acceptors (Lipinski definition) is 4. The molecule has 0 radical (unpaired) electrons. The number of carbonyl (C=O) groups is 3. The van der Waals surface area contributed by atoms with Crippen LogP contribution in [0.4, 0.5) is 17.1 Å². The largest absolute Gasteiger partial charge is 0.373 e. The molecule has 1 aliphatic rings. The highest BCUT2D eigenvalue weighted by Gasteiger charge is 2.26. The summed E-state index contributed by atoms with van der Waals surface area (Å²) in [5, 5.41) is 10.8. The number of nitrogens with one attached hydrogen (secondary N) is 3. The molecule has 0 bridgehead atoms. The molecule has 1 unspecified atom stereocenters. The van der Waals surface area contributed by atoms with Crippen LogP contribution in [0.1, 0.15) is 23.7 Å². The van der Waals surface area contributed by atoms with Gasteiger partial charge < -0.3 is 16.0 Å². The van der Waals surface area contributed by atoms with E-state index in [9.17, 15) is 14.4 Å². The van der Waals surface area contributed by atoms with Gasteiger partial charge in [-0.25, -0.2) is 0 Å². The van der Waals surface area contributed by atoms with Gasteiger partial charge in [0.15, 0.2) is 5.78 Å². The van der Waals surface area contributed by atoms with E-state index in [1.807, 2.05) is 36.4 Å². The summed E-state index contributed by atoms with van der Waals surface area (Å²) in [4.78, 5) is 36.7. The van der Waals surface area contributed by atoms with Crippen LogP contribution in [0.15, 0.2) is 60.7 Å². The summed E-state index contributed by atoms with van der Waals surface area (Å²) < 4.78 is 0. The standard InChI is InChI=1S/C22H19N3O3/c1-13(26)15-7-2-8-16(11-15)23-20(27)12-19-22(28)25-18-10-4-6-14-5-3-9-17(24-19)21(14)18/h2-11,19,24H,12H2,1H3,(H,23,27)(H,25,28). The first-order valence-electron chi connectivity index (χ1n) is 9.01. The van der Waals surface area contributed by atoms with Gasteiger partial charge in [-0.3, -0.25) is 14.4 Å². The van der Waals surface area contributed by atoms with Crippen LogP contribution in [0.5, 0.6) is 0 Å². The molecule has 28 heavy (non-hydrogen) atoms. The highest BCUT2D eigenvalue weighted by Crippen LogP contribution is 2.33. The fourth-order valence-electron chi connectivity index (χ4n) is 3.40. The van der Waals surface area contributed by atoms with Crippen LogP contribution in [0.2, 0.25) is 0 Å². The molecule has 0 spiro atoms. The van der Waals surface area contributed by atoms with E-state index in [1.54, 1.807) is 24.3 Å². The molecule has 2 amide bonds. The van der Waals surface area contributed by atoms with Crippen LogP contribution in [-0.4, -0.2) is 23.6 Å². The molecule has 3 aromatic rings. The van der Waals surface area contributed by atoms with Gasteiger partial charge in [-0.1, -0.05) is 36.4 Å². The van der Waals surface area contributed by atoms with E-state index in [1.165, 1.54) is 6.92 Å². The minimum Gasteiger partial charge on any atom is -0.373 e. The summed E-state index contributed by atoms with van der Waals surface area (Å²) in [5.74, 6) is -0.658. The van der Waals surface area contributed by atoms with E-state index in [2.05, 4.69) is 16.0 Å². The van der Waals surface area contributed by atoms with Crippen LogP contribution < -0.4 is 16.0 Å². The Morgan fingerprint density at radius 3 is 2.46 bits per heavy atom. The molecule has 0 fully saturated rings. The summed E-state index contributed by atoms with van der Waals surface area (Å²) in [6.07, 6.45) is -0.0412. The van der Waals surface area contributed by atoms with Gasteiger partial charge in [0, 0.05) is 22.3 Å². The van der Waals surface area contributed by atoms with E-state index < -0.39 is 6.04 Å². The van der Waals surface area contributed by atoms with Crippen molar-refractivity contribution in [3.63, 3.8) is 0 Å². The van der Waals surface area contributed by atoms with Crippen molar-refractivity contribution >= 4 is 45.4 Å². The van der Waals surface area contributed by atoms with E-state index in [4.69, 9.17) is 0 Å². The Kier molecular flexibility index (Phi) is 4.53. The number of carbonyl (C=O) groups excluding carboxylic acids is 3. The van der Waals surface area contributed by atoms with Gasteiger partial charge in [0.2, 0.25) is 11.8 Å². The quantitative estimate of drug-likeness (QED) is 0.607. The van der Waals surface area contributed by atoms with Gasteiger partial charge in [-0.05, 0) is 36.6 Å². The normalized spacial score (nSPS) is 15.3. The number of Topliss-reactive ketones (excluding diaryl/α,β-unsaturated/α-hetero) is 1. The molecule has 6 heteroatoms. The second kappa shape index (κ2) is 7.15. The summed E-state index contributed by atoms with van der Waals surface area (Å²) in [5.41, 5.74) is 2.58. The van der Waals surface area contributed by atoms with Crippen molar-refractivity contribution in [1.29, 1.82) is 0 Å². The van der Waals surface area contributed by atoms with Crippen molar-refractivity contribution in [2.24, 2.45) is 0 Å². The number of hydrogen-bond donors (Lipinski definition) is 3. The SMILES string of the molecule is CC(=O)c1cccc(NC(=O)CC2Nc3cccc4cccc(c34)NC2=O)c1. The summed E-state index contributed by atoms with van der Waals surface area (Å²) in [6.45, 7) is 1.47. The Labute approximate surface area is 161 Å². The van der Waals surface area contributed by atoms with Crippen molar-refractivity contribution in [3.8, 4) is 0 Å². The van der Waals surface area contributed by atoms with E-state index >= 15 is 0 Å². The lowest BCUT2D eigenvalue weighted by atomic mass is 10.1. The predicted octanol–water partition coefficient (Wildman–Crippen LogP) is 3.80.